The van der Waals surface area contributed by atoms with Crippen molar-refractivity contribution < 1.29 is 107 Å². The molecule has 0 bridgehead atoms. The first-order chi connectivity index (χ1) is 43.0. The molecule has 0 aliphatic rings. The molecular weight excluding hydrogens is 1350 g/mol. The van der Waals surface area contributed by atoms with Crippen molar-refractivity contribution in [2.75, 3.05) is 31.9 Å². The van der Waals surface area contributed by atoms with Gasteiger partial charge in [0.25, 0.3) is 78.4 Å². The minimum atomic E-state index is -5.00. The maximum Gasteiger partial charge on any atom is 0.295 e. The Balaban J connectivity index is 0.962. The van der Waals surface area contributed by atoms with Gasteiger partial charge in [-0.25, -0.2) is 0 Å². The molecule has 0 saturated carbocycles. The second-order valence-electron chi connectivity index (χ2n) is 20.5. The van der Waals surface area contributed by atoms with Gasteiger partial charge in [-0.3, -0.25) is 56.1 Å². The average molecular weight is 1400 g/mol. The van der Waals surface area contributed by atoms with Gasteiger partial charge in [0, 0.05) is 102 Å². The monoisotopic (exact) mass is 1400 g/mol. The maximum absolute atomic E-state index is 14.3. The van der Waals surface area contributed by atoms with E-state index in [1.165, 1.54) is 65.6 Å². The Labute approximate surface area is 525 Å². The Kier molecular flexibility index (Phi) is 17.9. The Morgan fingerprint density at radius 1 is 0.344 bits per heavy atom. The summed E-state index contributed by atoms with van der Waals surface area (Å²) in [5.41, 5.74) is -1.04. The second kappa shape index (κ2) is 24.7. The van der Waals surface area contributed by atoms with E-state index in [2.05, 4.69) is 31.9 Å². The van der Waals surface area contributed by atoms with Crippen LogP contribution in [0.1, 0.15) is 44.3 Å². The molecule has 39 heteroatoms. The number of carbonyl (C=O) groups excluding carboxylic acids is 6. The third-order valence-electron chi connectivity index (χ3n) is 14.1. The number of aromatic nitrogens is 3. The summed E-state index contributed by atoms with van der Waals surface area (Å²) in [6.07, 6.45) is 2.20. The molecule has 0 unspecified atom stereocenters. The third kappa shape index (κ3) is 14.9. The van der Waals surface area contributed by atoms with Crippen molar-refractivity contribution >= 4 is 163 Å². The first kappa shape index (κ1) is 67.6. The fraction of sp³-hybridized carbons (Fsp3) is 0.111. The van der Waals surface area contributed by atoms with Crippen molar-refractivity contribution in [1.82, 2.24) is 13.7 Å². The van der Waals surface area contributed by atoms with Gasteiger partial charge in [0.15, 0.2) is 0 Å². The number of rotatable bonds is 20. The number of fused-ring (bicyclic) bond motifs is 3. The van der Waals surface area contributed by atoms with Crippen LogP contribution >= 0.6 is 0 Å². The number of carbonyl (C=O) groups is 6. The first-order valence-corrected chi connectivity index (χ1v) is 34.6. The highest BCUT2D eigenvalue weighted by molar-refractivity contribution is 7.87. The van der Waals surface area contributed by atoms with Crippen LogP contribution in [0.25, 0.3) is 32.3 Å². The zero-order chi connectivity index (χ0) is 68.4. The van der Waals surface area contributed by atoms with Crippen LogP contribution in [-0.4, -0.2) is 127 Å². The summed E-state index contributed by atoms with van der Waals surface area (Å²) in [5, 5.41) is 13.6. The molecule has 93 heavy (non-hydrogen) atoms. The van der Waals surface area contributed by atoms with Crippen LogP contribution in [0.4, 0.5) is 34.1 Å². The van der Waals surface area contributed by atoms with Crippen LogP contribution in [0.3, 0.4) is 0 Å². The van der Waals surface area contributed by atoms with E-state index in [-0.39, 0.29) is 67.4 Å². The van der Waals surface area contributed by atoms with Gasteiger partial charge in [-0.2, -0.15) is 50.5 Å². The minimum absolute atomic E-state index is 0.0565. The fourth-order valence-corrected chi connectivity index (χ4v) is 13.5. The molecular formula is C54H47N9O24S6. The average Bonchev–Trinajstić information content (AvgIpc) is 1.47. The lowest BCUT2D eigenvalue weighted by molar-refractivity contribution is -0.127. The molecule has 0 aliphatic carbocycles. The number of nitrogens with one attached hydrogen (secondary N) is 6. The van der Waals surface area contributed by atoms with E-state index in [0.717, 1.165) is 97.1 Å². The molecule has 9 rings (SSSR count). The van der Waals surface area contributed by atoms with Crippen LogP contribution in [0, 0.1) is 5.92 Å². The molecule has 6 aromatic carbocycles. The summed E-state index contributed by atoms with van der Waals surface area (Å²) < 4.78 is 207. The van der Waals surface area contributed by atoms with E-state index in [1.54, 1.807) is 0 Å². The summed E-state index contributed by atoms with van der Waals surface area (Å²) in [4.78, 5) is 79.1. The normalized spacial score (nSPS) is 12.5. The quantitative estimate of drug-likeness (QED) is 0.0446. The maximum atomic E-state index is 14.3. The van der Waals surface area contributed by atoms with E-state index >= 15 is 0 Å². The van der Waals surface area contributed by atoms with Crippen molar-refractivity contribution in [2.45, 2.75) is 42.2 Å². The Morgan fingerprint density at radius 2 is 0.613 bits per heavy atom. The number of aryl methyl sites for hydroxylation is 3. The van der Waals surface area contributed by atoms with Crippen LogP contribution in [0.5, 0.6) is 0 Å². The Morgan fingerprint density at radius 3 is 0.871 bits per heavy atom. The number of hydrogen-bond donors (Lipinski definition) is 12. The van der Waals surface area contributed by atoms with Crippen LogP contribution in [0.15, 0.2) is 157 Å². The predicted octanol–water partition coefficient (Wildman–Crippen LogP) is 5.01. The zero-order valence-electron chi connectivity index (χ0n) is 47.4. The van der Waals surface area contributed by atoms with Crippen LogP contribution < -0.4 is 31.9 Å². The molecule has 0 saturated heterocycles. The SMILES string of the molecule is Cn1cc(NC(=O)CC(CC(=O)Nc2cc(C(=O)Nc3ccc(S(=O)(=O)O)c4cc(S(=O)(=O)O)ccc34)n(C)c2)C(=O)Nc2cc(C(=O)Nc3ccc(S(=O)(=O)O)c4cc(S(=O)(=O)O)ccc34)n(C)c2)cc1C(=O)Nc1ccc(S(=O)(=O)O)c2cc(S(=O)(=O)O)ccc12. The smallest absolute Gasteiger partial charge is 0.295 e. The lowest BCUT2D eigenvalue weighted by atomic mass is 9.99. The van der Waals surface area contributed by atoms with Crippen LogP contribution in [0.2, 0.25) is 0 Å². The first-order valence-electron chi connectivity index (χ1n) is 25.9. The zero-order valence-corrected chi connectivity index (χ0v) is 52.3. The molecule has 0 spiro atoms. The van der Waals surface area contributed by atoms with Crippen LogP contribution in [-0.2, 0) is 96.2 Å². The molecule has 33 nitrogen and oxygen atoms in total. The van der Waals surface area contributed by atoms with Gasteiger partial charge in [0.2, 0.25) is 17.7 Å². The van der Waals surface area contributed by atoms with E-state index in [1.807, 2.05) is 0 Å². The Hall–Kier alpha value is -9.78. The third-order valence-corrected chi connectivity index (χ3v) is 19.4. The topological polar surface area (TPSA) is 516 Å². The van der Waals surface area contributed by atoms with E-state index in [9.17, 15) is 107 Å². The lowest BCUT2D eigenvalue weighted by Crippen LogP contribution is -2.30. The Bertz CT molecular complexity index is 5250. The standard InChI is InChI=1S/C54H47N9O24S6/c1-61-24-28(18-43(61)52(67)58-40-10-13-46(91(79,80)81)37-21-31(88(70,71)72)4-7-34(37)40)55-49(64)16-27(51(66)57-30-20-45(63(3)26-30)54(69)60-42-12-15-48(93(85,86)87)39-23-33(90(76,77)78)6-9-36(39)42)17-50(65)56-29-19-44(62(2)25-29)53(68)59-41-11-14-47(92(82,83)84)38-22-32(89(73,74)75)5-8-35(38)41/h4-15,18-27H,16-17H2,1-3H3,(H,55,64)(H,56,65)(H,57,66)(H,58,67)(H,59,68)(H,60,69)(H,70,71,72)(H,73,74,75)(H,76,77,78)(H,79,80,81)(H,82,83,84)(H,85,86,87). The fourth-order valence-electron chi connectivity index (χ4n) is 9.89. The van der Waals surface area contributed by atoms with Crippen molar-refractivity contribution in [1.29, 1.82) is 0 Å². The van der Waals surface area contributed by atoms with E-state index < -0.39 is 160 Å². The van der Waals surface area contributed by atoms with Gasteiger partial charge < -0.3 is 45.6 Å². The highest BCUT2D eigenvalue weighted by atomic mass is 32.2. The van der Waals surface area contributed by atoms with Crippen molar-refractivity contribution in [3.63, 3.8) is 0 Å². The van der Waals surface area contributed by atoms with Crippen molar-refractivity contribution in [3.05, 3.63) is 145 Å². The number of hydrogen-bond acceptors (Lipinski definition) is 18. The van der Waals surface area contributed by atoms with Gasteiger partial charge in [-0.15, -0.1) is 0 Å². The molecule has 0 atom stereocenters. The molecule has 12 N–H and O–H groups in total. The molecule has 488 valence electrons. The van der Waals surface area contributed by atoms with Gasteiger partial charge in [0.1, 0.15) is 31.8 Å². The van der Waals surface area contributed by atoms with Gasteiger partial charge in [-0.05, 0) is 91.0 Å². The van der Waals surface area contributed by atoms with Gasteiger partial charge in [-0.1, -0.05) is 18.2 Å². The van der Waals surface area contributed by atoms with Gasteiger partial charge >= 0.3 is 0 Å². The summed E-state index contributed by atoms with van der Waals surface area (Å²) in [6, 6.07) is 17.5. The largest absolute Gasteiger partial charge is 0.344 e. The number of amides is 6. The van der Waals surface area contributed by atoms with Crippen molar-refractivity contribution in [3.8, 4) is 0 Å². The van der Waals surface area contributed by atoms with Gasteiger partial charge in [0.05, 0.1) is 37.7 Å². The minimum Gasteiger partial charge on any atom is -0.344 e. The molecule has 3 heterocycles. The number of benzene rings is 6. The molecule has 0 aliphatic heterocycles. The molecule has 3 aromatic heterocycles. The highest BCUT2D eigenvalue weighted by Gasteiger charge is 2.30. The summed E-state index contributed by atoms with van der Waals surface area (Å²) in [5.74, 6) is -7.17. The molecule has 9 aromatic rings. The second-order valence-corrected chi connectivity index (χ2v) is 29.0. The summed E-state index contributed by atoms with van der Waals surface area (Å²) in [6.45, 7) is 0. The highest BCUT2D eigenvalue weighted by Crippen LogP contribution is 2.36. The molecule has 6 amide bonds. The van der Waals surface area contributed by atoms with Crippen molar-refractivity contribution in [2.24, 2.45) is 27.1 Å². The summed E-state index contributed by atoms with van der Waals surface area (Å²) >= 11 is 0. The number of anilines is 6. The van der Waals surface area contributed by atoms with E-state index in [0.29, 0.717) is 0 Å². The predicted molar refractivity (Wildman–Crippen MR) is 329 cm³/mol. The molecule has 0 radical (unpaired) electrons. The molecule has 0 fully saturated rings. The number of nitrogens with zero attached hydrogens (tertiary/aromatic N) is 3. The lowest BCUT2D eigenvalue weighted by Gasteiger charge is -2.16. The summed E-state index contributed by atoms with van der Waals surface area (Å²) in [7, 11) is -25.5. The van der Waals surface area contributed by atoms with E-state index in [4.69, 9.17) is 0 Å².